The molecule has 1 aliphatic rings. The fourth-order valence-corrected chi connectivity index (χ4v) is 3.30. The Kier molecular flexibility index (Phi) is 5.28. The highest BCUT2D eigenvalue weighted by molar-refractivity contribution is 7.97. The largest absolute Gasteiger partial charge is 0.481 e. The Balaban J connectivity index is 2.04. The quantitative estimate of drug-likeness (QED) is 0.929. The number of hydrogen-bond acceptors (Lipinski definition) is 3. The van der Waals surface area contributed by atoms with Crippen LogP contribution >= 0.6 is 11.8 Å². The zero-order valence-electron chi connectivity index (χ0n) is 12.4. The molecule has 2 rings (SSSR count). The van der Waals surface area contributed by atoms with E-state index in [9.17, 15) is 9.59 Å². The summed E-state index contributed by atoms with van der Waals surface area (Å²) in [7, 11) is 0. The van der Waals surface area contributed by atoms with Crippen LogP contribution in [0.5, 0.6) is 0 Å². The van der Waals surface area contributed by atoms with Crippen LogP contribution in [0.3, 0.4) is 0 Å². The van der Waals surface area contributed by atoms with Crippen LogP contribution in [0.1, 0.15) is 35.7 Å². The van der Waals surface area contributed by atoms with Crippen molar-refractivity contribution in [1.82, 2.24) is 4.90 Å². The van der Waals surface area contributed by atoms with Gasteiger partial charge < -0.3 is 10.0 Å². The molecule has 1 amide bonds. The van der Waals surface area contributed by atoms with E-state index in [1.165, 1.54) is 5.56 Å². The first-order valence-corrected chi connectivity index (χ1v) is 8.54. The second-order valence-corrected chi connectivity index (χ2v) is 6.40. The molecule has 1 aliphatic heterocycles. The van der Waals surface area contributed by atoms with Gasteiger partial charge in [-0.05, 0) is 43.7 Å². The van der Waals surface area contributed by atoms with E-state index in [-0.39, 0.29) is 17.9 Å². The maximum absolute atomic E-state index is 12.5. The summed E-state index contributed by atoms with van der Waals surface area (Å²) in [6, 6.07) is 7.67. The molecule has 1 aromatic rings. The predicted octanol–water partition coefficient (Wildman–Crippen LogP) is 2.87. The number of carboxylic acids is 1. The van der Waals surface area contributed by atoms with Crippen molar-refractivity contribution in [3.63, 3.8) is 0 Å². The molecule has 0 spiro atoms. The van der Waals surface area contributed by atoms with Gasteiger partial charge in [0.25, 0.3) is 5.91 Å². The van der Waals surface area contributed by atoms with Crippen molar-refractivity contribution in [2.24, 2.45) is 5.92 Å². The normalized spacial score (nSPS) is 22.1. The van der Waals surface area contributed by atoms with Gasteiger partial charge in [-0.25, -0.2) is 0 Å². The van der Waals surface area contributed by atoms with Crippen LogP contribution < -0.4 is 0 Å². The zero-order valence-corrected chi connectivity index (χ0v) is 13.2. The monoisotopic (exact) mass is 307 g/mol. The Morgan fingerprint density at radius 3 is 2.52 bits per heavy atom. The number of piperidine rings is 1. The first-order chi connectivity index (χ1) is 10.0. The second kappa shape index (κ2) is 6.98. The maximum atomic E-state index is 12.5. The molecule has 0 bridgehead atoms. The Morgan fingerprint density at radius 1 is 1.33 bits per heavy atom. The number of rotatable bonds is 4. The molecule has 1 aromatic carbocycles. The van der Waals surface area contributed by atoms with Gasteiger partial charge in [0.1, 0.15) is 0 Å². The van der Waals surface area contributed by atoms with Gasteiger partial charge in [0.05, 0.1) is 5.92 Å². The lowest BCUT2D eigenvalue weighted by Crippen LogP contribution is -2.46. The first-order valence-electron chi connectivity index (χ1n) is 7.14. The van der Waals surface area contributed by atoms with Crippen molar-refractivity contribution in [3.8, 4) is 0 Å². The third-order valence-corrected chi connectivity index (χ3v) is 4.62. The van der Waals surface area contributed by atoms with Crippen LogP contribution in [-0.2, 0) is 10.5 Å². The van der Waals surface area contributed by atoms with E-state index in [4.69, 9.17) is 5.11 Å². The molecule has 0 aliphatic carbocycles. The van der Waals surface area contributed by atoms with Gasteiger partial charge in [-0.15, -0.1) is 0 Å². The van der Waals surface area contributed by atoms with Gasteiger partial charge in [-0.3, -0.25) is 9.59 Å². The number of carbonyl (C=O) groups is 2. The minimum atomic E-state index is -0.754. The number of likely N-dealkylation sites (tertiary alicyclic amines) is 1. The molecule has 1 heterocycles. The summed E-state index contributed by atoms with van der Waals surface area (Å²) in [4.78, 5) is 25.4. The topological polar surface area (TPSA) is 57.6 Å². The Hall–Kier alpha value is -1.49. The third-order valence-electron chi connectivity index (χ3n) is 4.00. The van der Waals surface area contributed by atoms with Crippen LogP contribution in [0.2, 0.25) is 0 Å². The molecule has 1 saturated heterocycles. The van der Waals surface area contributed by atoms with Crippen molar-refractivity contribution in [2.75, 3.05) is 12.8 Å². The van der Waals surface area contributed by atoms with E-state index >= 15 is 0 Å². The van der Waals surface area contributed by atoms with Crippen molar-refractivity contribution in [1.29, 1.82) is 0 Å². The van der Waals surface area contributed by atoms with E-state index in [0.29, 0.717) is 24.9 Å². The molecule has 21 heavy (non-hydrogen) atoms. The van der Waals surface area contributed by atoms with E-state index in [1.54, 1.807) is 16.7 Å². The van der Waals surface area contributed by atoms with Gasteiger partial charge in [0.15, 0.2) is 0 Å². The smallest absolute Gasteiger partial charge is 0.306 e. The molecule has 0 radical (unpaired) electrons. The van der Waals surface area contributed by atoms with Gasteiger partial charge in [0.2, 0.25) is 0 Å². The minimum absolute atomic E-state index is 0.00189. The van der Waals surface area contributed by atoms with Gasteiger partial charge >= 0.3 is 5.97 Å². The first kappa shape index (κ1) is 15.9. The van der Waals surface area contributed by atoms with Crippen LogP contribution in [0.4, 0.5) is 0 Å². The Bertz CT molecular complexity index is 515. The number of thioether (sulfide) groups is 1. The molecule has 0 saturated carbocycles. The Morgan fingerprint density at radius 2 is 2.00 bits per heavy atom. The summed E-state index contributed by atoms with van der Waals surface area (Å²) in [5.41, 5.74) is 1.89. The van der Waals surface area contributed by atoms with Crippen molar-refractivity contribution >= 4 is 23.6 Å². The van der Waals surface area contributed by atoms with Crippen LogP contribution in [0.15, 0.2) is 24.3 Å². The highest BCUT2D eigenvalue weighted by Crippen LogP contribution is 2.24. The fourth-order valence-electron chi connectivity index (χ4n) is 2.77. The van der Waals surface area contributed by atoms with E-state index in [1.807, 2.05) is 37.4 Å². The zero-order chi connectivity index (χ0) is 15.4. The van der Waals surface area contributed by atoms with Crippen molar-refractivity contribution < 1.29 is 14.7 Å². The summed E-state index contributed by atoms with van der Waals surface area (Å²) in [6.45, 7) is 2.44. The summed E-state index contributed by atoms with van der Waals surface area (Å²) >= 11 is 1.75. The minimum Gasteiger partial charge on any atom is -0.481 e. The summed E-state index contributed by atoms with van der Waals surface area (Å²) in [5.74, 6) is -0.139. The summed E-state index contributed by atoms with van der Waals surface area (Å²) in [5, 5.41) is 9.07. The summed E-state index contributed by atoms with van der Waals surface area (Å²) < 4.78 is 0. The predicted molar refractivity (Wildman–Crippen MR) is 84.5 cm³/mol. The van der Waals surface area contributed by atoms with Gasteiger partial charge in [0, 0.05) is 23.9 Å². The van der Waals surface area contributed by atoms with Crippen molar-refractivity contribution in [3.05, 3.63) is 35.4 Å². The van der Waals surface area contributed by atoms with E-state index in [2.05, 4.69) is 0 Å². The number of carboxylic acid groups (broad SMARTS) is 1. The van der Waals surface area contributed by atoms with E-state index < -0.39 is 5.97 Å². The summed E-state index contributed by atoms with van der Waals surface area (Å²) in [6.07, 6.45) is 3.12. The molecule has 0 aromatic heterocycles. The Labute approximate surface area is 129 Å². The standard InChI is InChI=1S/C16H21NO3S/c1-11-9-14(16(19)20)7-8-17(11)15(18)13-5-3-12(4-6-13)10-21-2/h3-6,11,14H,7-10H2,1-2H3,(H,19,20). The lowest BCUT2D eigenvalue weighted by Gasteiger charge is -2.36. The number of carbonyl (C=O) groups excluding carboxylic acids is 1. The van der Waals surface area contributed by atoms with Gasteiger partial charge in [-0.2, -0.15) is 11.8 Å². The molecular formula is C16H21NO3S. The molecule has 1 fully saturated rings. The third kappa shape index (κ3) is 3.79. The molecule has 5 heteroatoms. The molecule has 1 N–H and O–H groups in total. The second-order valence-electron chi connectivity index (χ2n) is 5.54. The molecular weight excluding hydrogens is 286 g/mol. The number of hydrogen-bond donors (Lipinski definition) is 1. The molecule has 2 atom stereocenters. The number of aliphatic carboxylic acids is 1. The average Bonchev–Trinajstić information content (AvgIpc) is 2.47. The maximum Gasteiger partial charge on any atom is 0.306 e. The van der Waals surface area contributed by atoms with Crippen LogP contribution in [0, 0.1) is 5.92 Å². The van der Waals surface area contributed by atoms with Crippen molar-refractivity contribution in [2.45, 2.75) is 31.6 Å². The number of benzene rings is 1. The van der Waals surface area contributed by atoms with Crippen LogP contribution in [0.25, 0.3) is 0 Å². The van der Waals surface area contributed by atoms with Crippen LogP contribution in [-0.4, -0.2) is 40.7 Å². The lowest BCUT2D eigenvalue weighted by atomic mass is 9.91. The molecule has 2 unspecified atom stereocenters. The lowest BCUT2D eigenvalue weighted by molar-refractivity contribution is -0.143. The average molecular weight is 307 g/mol. The number of nitrogens with zero attached hydrogens (tertiary/aromatic N) is 1. The SMILES string of the molecule is CSCc1ccc(C(=O)N2CCC(C(=O)O)CC2C)cc1. The molecule has 4 nitrogen and oxygen atoms in total. The van der Waals surface area contributed by atoms with Gasteiger partial charge in [-0.1, -0.05) is 12.1 Å². The highest BCUT2D eigenvalue weighted by Gasteiger charge is 2.32. The highest BCUT2D eigenvalue weighted by atomic mass is 32.2. The number of amides is 1. The van der Waals surface area contributed by atoms with E-state index in [0.717, 1.165) is 5.75 Å². The fraction of sp³-hybridized carbons (Fsp3) is 0.500. The molecule has 114 valence electrons.